The molecule has 4 rings (SSSR count). The van der Waals surface area contributed by atoms with E-state index in [1.807, 2.05) is 53.8 Å². The van der Waals surface area contributed by atoms with Crippen LogP contribution in [0.4, 0.5) is 0 Å². The highest BCUT2D eigenvalue weighted by molar-refractivity contribution is 7.12. The number of carbonyl (C=O) groups excluding carboxylic acids is 1. The van der Waals surface area contributed by atoms with Gasteiger partial charge in [-0.2, -0.15) is 8.75 Å². The van der Waals surface area contributed by atoms with E-state index in [1.165, 1.54) is 11.3 Å². The fraction of sp³-hybridized carbons (Fsp3) is 0.355. The van der Waals surface area contributed by atoms with Crippen molar-refractivity contribution < 1.29 is 28.9 Å². The van der Waals surface area contributed by atoms with Crippen LogP contribution in [0.25, 0.3) is 16.6 Å². The minimum absolute atomic E-state index is 0.0234. The summed E-state index contributed by atoms with van der Waals surface area (Å²) in [7, 11) is 0. The third-order valence-electron chi connectivity index (χ3n) is 5.83. The Labute approximate surface area is 247 Å². The quantitative estimate of drug-likeness (QED) is 0.134. The van der Waals surface area contributed by atoms with Crippen molar-refractivity contribution >= 4 is 51.4 Å². The second-order valence-electron chi connectivity index (χ2n) is 10.5. The smallest absolute Gasteiger partial charge is 0.336 e. The highest BCUT2D eigenvalue weighted by atomic mass is 32.1. The van der Waals surface area contributed by atoms with Crippen molar-refractivity contribution in [3.8, 4) is 17.2 Å². The number of fused-ring (bicyclic) bond motifs is 1. The van der Waals surface area contributed by atoms with Gasteiger partial charge < -0.3 is 19.3 Å². The minimum Gasteiger partial charge on any atom is -0.487 e. The molecule has 1 N–H and O–H groups in total. The fourth-order valence-electron chi connectivity index (χ4n) is 4.32. The molecular formula is C31H34N2O6S2. The van der Waals surface area contributed by atoms with E-state index in [9.17, 15) is 14.7 Å². The molecule has 41 heavy (non-hydrogen) atoms. The van der Waals surface area contributed by atoms with Crippen LogP contribution in [0.15, 0.2) is 47.4 Å². The first-order chi connectivity index (χ1) is 19.4. The molecule has 0 aliphatic heterocycles. The van der Waals surface area contributed by atoms with E-state index in [0.29, 0.717) is 44.3 Å². The number of carboxylic acids is 1. The molecule has 0 fully saturated rings. The van der Waals surface area contributed by atoms with Crippen LogP contribution in [0.1, 0.15) is 67.9 Å². The van der Waals surface area contributed by atoms with Crippen LogP contribution in [-0.2, 0) is 11.2 Å². The molecule has 0 spiro atoms. The third-order valence-corrected chi connectivity index (χ3v) is 7.43. The molecule has 0 unspecified atom stereocenters. The van der Waals surface area contributed by atoms with Gasteiger partial charge in [-0.15, -0.1) is 11.3 Å². The molecular weight excluding hydrogens is 560 g/mol. The predicted molar refractivity (Wildman–Crippen MR) is 163 cm³/mol. The highest BCUT2D eigenvalue weighted by Crippen LogP contribution is 2.42. The lowest BCUT2D eigenvalue weighted by molar-refractivity contribution is -0.130. The number of aryl methyl sites for hydroxylation is 1. The first kappa shape index (κ1) is 30.2. The topological polar surface area (TPSA) is 108 Å². The van der Waals surface area contributed by atoms with Gasteiger partial charge >= 0.3 is 5.97 Å². The van der Waals surface area contributed by atoms with Gasteiger partial charge in [0, 0.05) is 12.0 Å². The number of carboxylic acid groups (broad SMARTS) is 1. The molecule has 0 aliphatic rings. The van der Waals surface area contributed by atoms with Gasteiger partial charge in [0.05, 0.1) is 40.5 Å². The number of aliphatic carboxylic acids is 1. The van der Waals surface area contributed by atoms with Crippen molar-refractivity contribution in [1.29, 1.82) is 0 Å². The average Bonchev–Trinajstić information content (AvgIpc) is 3.52. The average molecular weight is 595 g/mol. The number of aromatic nitrogens is 2. The van der Waals surface area contributed by atoms with Gasteiger partial charge in [-0.25, -0.2) is 4.79 Å². The van der Waals surface area contributed by atoms with Crippen LogP contribution in [0.5, 0.6) is 17.2 Å². The van der Waals surface area contributed by atoms with Gasteiger partial charge in [0.15, 0.2) is 17.3 Å². The Morgan fingerprint density at radius 3 is 2.00 bits per heavy atom. The normalized spacial score (nSPS) is 12.2. The second-order valence-corrected chi connectivity index (χ2v) is 12.0. The van der Waals surface area contributed by atoms with E-state index in [0.717, 1.165) is 17.3 Å². The maximum atomic E-state index is 14.0. The molecule has 0 bridgehead atoms. The number of nitrogens with zero attached hydrogens (tertiary/aromatic N) is 2. The molecule has 10 heteroatoms. The Hall–Kier alpha value is -3.76. The van der Waals surface area contributed by atoms with Gasteiger partial charge in [-0.3, -0.25) is 4.79 Å². The van der Waals surface area contributed by atoms with E-state index in [2.05, 4.69) is 8.75 Å². The van der Waals surface area contributed by atoms with Crippen LogP contribution in [0.3, 0.4) is 0 Å². The molecule has 2 aromatic carbocycles. The molecule has 8 nitrogen and oxygen atoms in total. The fourth-order valence-corrected chi connectivity index (χ4v) is 5.70. The third kappa shape index (κ3) is 7.31. The van der Waals surface area contributed by atoms with Crippen molar-refractivity contribution in [2.75, 3.05) is 0 Å². The van der Waals surface area contributed by atoms with Crippen LogP contribution >= 0.6 is 23.1 Å². The summed E-state index contributed by atoms with van der Waals surface area (Å²) in [6.07, 6.45) is -0.441. The van der Waals surface area contributed by atoms with Crippen molar-refractivity contribution in [3.63, 3.8) is 0 Å². The van der Waals surface area contributed by atoms with Gasteiger partial charge in [0.25, 0.3) is 0 Å². The molecule has 0 aliphatic carbocycles. The zero-order valence-corrected chi connectivity index (χ0v) is 25.8. The molecule has 0 radical (unpaired) electrons. The van der Waals surface area contributed by atoms with E-state index >= 15 is 0 Å². The monoisotopic (exact) mass is 594 g/mol. The van der Waals surface area contributed by atoms with Crippen LogP contribution < -0.4 is 14.2 Å². The molecule has 0 amide bonds. The van der Waals surface area contributed by atoms with E-state index in [4.69, 9.17) is 14.2 Å². The summed E-state index contributed by atoms with van der Waals surface area (Å²) < 4.78 is 26.9. The lowest BCUT2D eigenvalue weighted by atomic mass is 9.91. The van der Waals surface area contributed by atoms with Crippen LogP contribution in [-0.4, -0.2) is 43.9 Å². The Morgan fingerprint density at radius 1 is 0.854 bits per heavy atom. The lowest BCUT2D eigenvalue weighted by Crippen LogP contribution is -2.16. The van der Waals surface area contributed by atoms with E-state index in [-0.39, 0.29) is 41.7 Å². The highest BCUT2D eigenvalue weighted by Gasteiger charge is 2.27. The number of benzene rings is 2. The van der Waals surface area contributed by atoms with Crippen LogP contribution in [0.2, 0.25) is 0 Å². The summed E-state index contributed by atoms with van der Waals surface area (Å²) in [5.74, 6) is -0.157. The maximum Gasteiger partial charge on any atom is 0.336 e. The Balaban J connectivity index is 1.94. The number of carbonyl (C=O) groups is 2. The van der Waals surface area contributed by atoms with E-state index in [1.54, 1.807) is 36.4 Å². The Bertz CT molecular complexity index is 1570. The number of ketones is 1. The van der Waals surface area contributed by atoms with Gasteiger partial charge in [0.2, 0.25) is 5.75 Å². The minimum atomic E-state index is -1.21. The first-order valence-corrected chi connectivity index (χ1v) is 15.0. The number of Topliss-reactive ketones (excluding diaryl/α,β-unsaturated/α-hetero) is 1. The SMILES string of the molecule is Cc1csc(C(=O)C(Cc2cc(OC(C)C)c(OC(C)C)c(OC(C)C)c2)=C(C(=O)O)c2ccc3nsnc3c2)c1. The first-order valence-electron chi connectivity index (χ1n) is 13.4. The second kappa shape index (κ2) is 12.8. The summed E-state index contributed by atoms with van der Waals surface area (Å²) >= 11 is 2.34. The number of hydrogen-bond donors (Lipinski definition) is 1. The molecule has 0 saturated heterocycles. The summed E-state index contributed by atoms with van der Waals surface area (Å²) in [4.78, 5) is 27.3. The summed E-state index contributed by atoms with van der Waals surface area (Å²) in [6.45, 7) is 13.4. The molecule has 216 valence electrons. The van der Waals surface area contributed by atoms with Crippen molar-refractivity contribution in [2.24, 2.45) is 0 Å². The summed E-state index contributed by atoms with van der Waals surface area (Å²) in [6, 6.07) is 10.4. The molecule has 4 aromatic rings. The Morgan fingerprint density at radius 2 is 1.46 bits per heavy atom. The molecule has 2 heterocycles. The molecule has 2 aromatic heterocycles. The Kier molecular flexibility index (Phi) is 9.45. The number of allylic oxidation sites excluding steroid dienone is 1. The number of thiophene rings is 1. The maximum absolute atomic E-state index is 14.0. The van der Waals surface area contributed by atoms with Crippen molar-refractivity contribution in [2.45, 2.75) is 73.2 Å². The van der Waals surface area contributed by atoms with Gasteiger partial charge in [0.1, 0.15) is 11.0 Å². The molecule has 0 saturated carbocycles. The van der Waals surface area contributed by atoms with Crippen molar-refractivity contribution in [3.05, 3.63) is 68.9 Å². The van der Waals surface area contributed by atoms with Gasteiger partial charge in [-0.05, 0) is 101 Å². The molecule has 0 atom stereocenters. The summed E-state index contributed by atoms with van der Waals surface area (Å²) in [5, 5.41) is 12.4. The predicted octanol–water partition coefficient (Wildman–Crippen LogP) is 7.39. The number of hydrogen-bond acceptors (Lipinski definition) is 9. The van der Waals surface area contributed by atoms with Crippen LogP contribution in [0, 0.1) is 6.92 Å². The van der Waals surface area contributed by atoms with Gasteiger partial charge in [-0.1, -0.05) is 6.07 Å². The number of rotatable bonds is 12. The largest absolute Gasteiger partial charge is 0.487 e. The zero-order chi connectivity index (χ0) is 29.8. The lowest BCUT2D eigenvalue weighted by Gasteiger charge is -2.23. The number of ether oxygens (including phenoxy) is 3. The standard InChI is InChI=1S/C31H34N2O6S2/c1-16(2)37-25-12-20(13-26(38-17(3)4)30(25)39-18(5)6)11-22(29(34)27-10-19(7)15-40-27)28(31(35)36)21-8-9-23-24(14-21)33-41-32-23/h8-10,12-18H,11H2,1-7H3,(H,35,36). The zero-order valence-electron chi connectivity index (χ0n) is 24.2. The van der Waals surface area contributed by atoms with Crippen molar-refractivity contribution in [1.82, 2.24) is 8.75 Å². The summed E-state index contributed by atoms with van der Waals surface area (Å²) in [5.41, 5.74) is 3.25. The van der Waals surface area contributed by atoms with E-state index < -0.39 is 5.97 Å².